The fourth-order valence-corrected chi connectivity index (χ4v) is 3.94. The highest BCUT2D eigenvalue weighted by Crippen LogP contribution is 2.41. The SMILES string of the molecule is Cc1nc(N)ncc1C(=O)N1CCC2(CCCN(C)CC2)CC1. The van der Waals surface area contributed by atoms with Gasteiger partial charge < -0.3 is 15.5 Å². The van der Waals surface area contributed by atoms with Crippen LogP contribution in [-0.4, -0.2) is 58.9 Å². The van der Waals surface area contributed by atoms with E-state index in [1.54, 1.807) is 6.20 Å². The van der Waals surface area contributed by atoms with E-state index in [4.69, 9.17) is 5.73 Å². The summed E-state index contributed by atoms with van der Waals surface area (Å²) in [4.78, 5) is 25.2. The Bertz CT molecular complexity index is 580. The lowest BCUT2D eigenvalue weighted by atomic mass is 9.73. The molecule has 0 bridgehead atoms. The van der Waals surface area contributed by atoms with E-state index in [9.17, 15) is 4.79 Å². The number of piperidine rings is 1. The van der Waals surface area contributed by atoms with Gasteiger partial charge in [0.1, 0.15) is 0 Å². The van der Waals surface area contributed by atoms with E-state index >= 15 is 0 Å². The van der Waals surface area contributed by atoms with E-state index in [0.717, 1.165) is 25.9 Å². The number of nitrogens with two attached hydrogens (primary N) is 1. The second-order valence-corrected chi connectivity index (χ2v) is 7.18. The fourth-order valence-electron chi connectivity index (χ4n) is 3.94. The van der Waals surface area contributed by atoms with Crippen molar-refractivity contribution in [3.8, 4) is 0 Å². The number of aromatic nitrogens is 2. The lowest BCUT2D eigenvalue weighted by Gasteiger charge is -2.41. The highest BCUT2D eigenvalue weighted by atomic mass is 16.2. The van der Waals surface area contributed by atoms with Gasteiger partial charge in [0.25, 0.3) is 5.91 Å². The molecule has 126 valence electrons. The summed E-state index contributed by atoms with van der Waals surface area (Å²) >= 11 is 0. The van der Waals surface area contributed by atoms with Crippen molar-refractivity contribution < 1.29 is 4.79 Å². The van der Waals surface area contributed by atoms with Gasteiger partial charge in [-0.25, -0.2) is 9.97 Å². The fraction of sp³-hybridized carbons (Fsp3) is 0.706. The van der Waals surface area contributed by atoms with Gasteiger partial charge in [-0.15, -0.1) is 0 Å². The summed E-state index contributed by atoms with van der Waals surface area (Å²) in [6.45, 7) is 5.88. The molecule has 2 N–H and O–H groups in total. The van der Waals surface area contributed by atoms with Crippen molar-refractivity contribution in [2.75, 3.05) is 39.0 Å². The molecule has 23 heavy (non-hydrogen) atoms. The van der Waals surface area contributed by atoms with E-state index in [2.05, 4.69) is 21.9 Å². The first-order valence-electron chi connectivity index (χ1n) is 8.56. The van der Waals surface area contributed by atoms with Gasteiger partial charge in [-0.2, -0.15) is 0 Å². The molecule has 1 amide bonds. The molecule has 2 aliphatic rings. The van der Waals surface area contributed by atoms with Crippen LogP contribution in [0.2, 0.25) is 0 Å². The molecule has 6 nitrogen and oxygen atoms in total. The Kier molecular flexibility index (Phi) is 4.53. The Morgan fingerprint density at radius 3 is 2.57 bits per heavy atom. The van der Waals surface area contributed by atoms with Crippen LogP contribution in [-0.2, 0) is 0 Å². The lowest BCUT2D eigenvalue weighted by Crippen LogP contribution is -2.43. The van der Waals surface area contributed by atoms with Crippen LogP contribution in [0.1, 0.15) is 48.2 Å². The Morgan fingerprint density at radius 2 is 1.87 bits per heavy atom. The molecule has 2 saturated heterocycles. The highest BCUT2D eigenvalue weighted by Gasteiger charge is 2.37. The average molecular weight is 317 g/mol. The van der Waals surface area contributed by atoms with Gasteiger partial charge in [-0.1, -0.05) is 0 Å². The normalized spacial score (nSPS) is 22.1. The molecule has 0 atom stereocenters. The first-order valence-corrected chi connectivity index (χ1v) is 8.56. The van der Waals surface area contributed by atoms with Crippen molar-refractivity contribution in [3.63, 3.8) is 0 Å². The monoisotopic (exact) mass is 317 g/mol. The van der Waals surface area contributed by atoms with E-state index in [-0.39, 0.29) is 11.9 Å². The summed E-state index contributed by atoms with van der Waals surface area (Å²) in [5.74, 6) is 0.266. The Morgan fingerprint density at radius 1 is 1.17 bits per heavy atom. The standard InChI is InChI=1S/C17H27N5O/c1-13-14(12-19-16(18)20-13)15(23)22-10-6-17(7-11-22)4-3-8-21(2)9-5-17/h12H,3-11H2,1-2H3,(H2,18,19,20). The number of nitrogens with zero attached hydrogens (tertiary/aromatic N) is 4. The van der Waals surface area contributed by atoms with E-state index < -0.39 is 0 Å². The summed E-state index contributed by atoms with van der Waals surface area (Å²) in [6, 6.07) is 0. The second-order valence-electron chi connectivity index (χ2n) is 7.18. The predicted molar refractivity (Wildman–Crippen MR) is 90.1 cm³/mol. The smallest absolute Gasteiger partial charge is 0.257 e. The van der Waals surface area contributed by atoms with Crippen molar-refractivity contribution >= 4 is 11.9 Å². The zero-order valence-corrected chi connectivity index (χ0v) is 14.2. The highest BCUT2D eigenvalue weighted by molar-refractivity contribution is 5.95. The number of carbonyl (C=O) groups excluding carboxylic acids is 1. The number of rotatable bonds is 1. The topological polar surface area (TPSA) is 75.3 Å². The number of anilines is 1. The lowest BCUT2D eigenvalue weighted by molar-refractivity contribution is 0.0541. The van der Waals surface area contributed by atoms with Gasteiger partial charge in [0.15, 0.2) is 0 Å². The van der Waals surface area contributed by atoms with Crippen LogP contribution >= 0.6 is 0 Å². The number of aryl methyl sites for hydroxylation is 1. The molecule has 3 heterocycles. The molecule has 1 spiro atoms. The van der Waals surface area contributed by atoms with Crippen molar-refractivity contribution in [1.29, 1.82) is 0 Å². The summed E-state index contributed by atoms with van der Waals surface area (Å²) in [6.07, 6.45) is 7.61. The van der Waals surface area contributed by atoms with Crippen molar-refractivity contribution in [1.82, 2.24) is 19.8 Å². The molecule has 6 heteroatoms. The molecule has 0 radical (unpaired) electrons. The summed E-state index contributed by atoms with van der Waals surface area (Å²) in [5.41, 5.74) is 7.26. The molecule has 3 rings (SSSR count). The number of carbonyl (C=O) groups is 1. The van der Waals surface area contributed by atoms with Crippen LogP contribution in [0.25, 0.3) is 0 Å². The number of nitrogen functional groups attached to an aromatic ring is 1. The van der Waals surface area contributed by atoms with Crippen molar-refractivity contribution in [3.05, 3.63) is 17.5 Å². The molecule has 1 aromatic rings. The number of likely N-dealkylation sites (tertiary alicyclic amines) is 2. The van der Waals surface area contributed by atoms with Crippen LogP contribution in [0.4, 0.5) is 5.95 Å². The molecule has 2 fully saturated rings. The van der Waals surface area contributed by atoms with E-state index in [0.29, 0.717) is 16.7 Å². The molecular weight excluding hydrogens is 290 g/mol. The summed E-state index contributed by atoms with van der Waals surface area (Å²) in [5, 5.41) is 0. The van der Waals surface area contributed by atoms with E-state index in [1.165, 1.54) is 32.4 Å². The zero-order chi connectivity index (χ0) is 16.4. The largest absolute Gasteiger partial charge is 0.368 e. The quantitative estimate of drug-likeness (QED) is 0.853. The molecule has 0 unspecified atom stereocenters. The van der Waals surface area contributed by atoms with E-state index in [1.807, 2.05) is 11.8 Å². The molecule has 0 saturated carbocycles. The Labute approximate surface area is 138 Å². The van der Waals surface area contributed by atoms with Gasteiger partial charge in [-0.3, -0.25) is 4.79 Å². The van der Waals surface area contributed by atoms with Gasteiger partial charge in [-0.05, 0) is 64.6 Å². The van der Waals surface area contributed by atoms with Crippen molar-refractivity contribution in [2.45, 2.75) is 39.0 Å². The second kappa shape index (κ2) is 6.43. The van der Waals surface area contributed by atoms with Gasteiger partial charge in [0, 0.05) is 19.3 Å². The third kappa shape index (κ3) is 3.47. The minimum absolute atomic E-state index is 0.0445. The molecule has 1 aromatic heterocycles. The molecule has 2 aliphatic heterocycles. The maximum absolute atomic E-state index is 12.7. The Hall–Kier alpha value is -1.69. The summed E-state index contributed by atoms with van der Waals surface area (Å²) < 4.78 is 0. The predicted octanol–water partition coefficient (Wildman–Crippen LogP) is 1.71. The first kappa shape index (κ1) is 16.2. The van der Waals surface area contributed by atoms with Crippen LogP contribution < -0.4 is 5.73 Å². The van der Waals surface area contributed by atoms with Crippen LogP contribution in [0, 0.1) is 12.3 Å². The van der Waals surface area contributed by atoms with Gasteiger partial charge >= 0.3 is 0 Å². The summed E-state index contributed by atoms with van der Waals surface area (Å²) in [7, 11) is 2.21. The molecule has 0 aliphatic carbocycles. The van der Waals surface area contributed by atoms with Gasteiger partial charge in [0.05, 0.1) is 11.3 Å². The molecular formula is C17H27N5O. The minimum atomic E-state index is 0.0445. The van der Waals surface area contributed by atoms with Crippen LogP contribution in [0.15, 0.2) is 6.20 Å². The zero-order valence-electron chi connectivity index (χ0n) is 14.2. The maximum Gasteiger partial charge on any atom is 0.257 e. The third-order valence-corrected chi connectivity index (χ3v) is 5.61. The van der Waals surface area contributed by atoms with Crippen LogP contribution in [0.5, 0.6) is 0 Å². The average Bonchev–Trinajstić information content (AvgIpc) is 2.70. The van der Waals surface area contributed by atoms with Gasteiger partial charge in [0.2, 0.25) is 5.95 Å². The number of hydrogen-bond donors (Lipinski definition) is 1. The minimum Gasteiger partial charge on any atom is -0.368 e. The first-order chi connectivity index (χ1) is 11.0. The number of amides is 1. The molecule has 0 aromatic carbocycles. The van der Waals surface area contributed by atoms with Crippen LogP contribution in [0.3, 0.4) is 0 Å². The maximum atomic E-state index is 12.7. The van der Waals surface area contributed by atoms with Crippen molar-refractivity contribution in [2.24, 2.45) is 5.41 Å². The number of hydrogen-bond acceptors (Lipinski definition) is 5. The Balaban J connectivity index is 1.65. The third-order valence-electron chi connectivity index (χ3n) is 5.61.